The first-order valence-electron chi connectivity index (χ1n) is 3.98. The van der Waals surface area contributed by atoms with Gasteiger partial charge in [-0.1, -0.05) is 0 Å². The van der Waals surface area contributed by atoms with Crippen LogP contribution in [0.4, 0.5) is 5.82 Å². The van der Waals surface area contributed by atoms with E-state index in [1.165, 1.54) is 24.7 Å². The zero-order valence-electron chi connectivity index (χ0n) is 7.45. The molecule has 78 valence electrons. The first-order valence-corrected chi connectivity index (χ1v) is 5.46. The first kappa shape index (κ1) is 9.59. The Bertz CT molecular complexity index is 522. The standard InChI is InChI=1S/C7H7N5O2S/c13-15(14,6-4-9-10-5-6)12-7-2-1-3-8-11-7/h1-5H,(H,9,10)(H,11,12). The lowest BCUT2D eigenvalue weighted by Gasteiger charge is -2.02. The van der Waals surface area contributed by atoms with Gasteiger partial charge in [-0.25, -0.2) is 8.42 Å². The van der Waals surface area contributed by atoms with Crippen molar-refractivity contribution < 1.29 is 8.42 Å². The van der Waals surface area contributed by atoms with Gasteiger partial charge >= 0.3 is 0 Å². The fraction of sp³-hybridized carbons (Fsp3) is 0. The topological polar surface area (TPSA) is 101 Å². The minimum absolute atomic E-state index is 0.0492. The summed E-state index contributed by atoms with van der Waals surface area (Å²) in [5.74, 6) is 0.165. The van der Waals surface area contributed by atoms with E-state index in [2.05, 4.69) is 25.1 Å². The highest BCUT2D eigenvalue weighted by Gasteiger charge is 2.15. The number of anilines is 1. The summed E-state index contributed by atoms with van der Waals surface area (Å²) in [6.45, 7) is 0. The summed E-state index contributed by atoms with van der Waals surface area (Å²) < 4.78 is 25.5. The van der Waals surface area contributed by atoms with Gasteiger partial charge < -0.3 is 0 Å². The van der Waals surface area contributed by atoms with Gasteiger partial charge in [0.15, 0.2) is 5.82 Å². The minimum atomic E-state index is -3.62. The van der Waals surface area contributed by atoms with Crippen LogP contribution in [0.25, 0.3) is 0 Å². The molecule has 0 atom stereocenters. The van der Waals surface area contributed by atoms with Crippen LogP contribution in [-0.4, -0.2) is 28.8 Å². The van der Waals surface area contributed by atoms with E-state index in [0.29, 0.717) is 0 Å². The maximum atomic E-state index is 11.6. The van der Waals surface area contributed by atoms with Gasteiger partial charge in [0.2, 0.25) is 0 Å². The highest BCUT2D eigenvalue weighted by atomic mass is 32.2. The fourth-order valence-corrected chi connectivity index (χ4v) is 1.84. The summed E-state index contributed by atoms with van der Waals surface area (Å²) >= 11 is 0. The average molecular weight is 225 g/mol. The van der Waals surface area contributed by atoms with Gasteiger partial charge in [0.25, 0.3) is 10.0 Å². The normalized spacial score (nSPS) is 11.2. The Morgan fingerprint density at radius 1 is 1.40 bits per heavy atom. The van der Waals surface area contributed by atoms with Crippen molar-refractivity contribution in [2.45, 2.75) is 4.90 Å². The smallest absolute Gasteiger partial charge is 0.266 e. The molecule has 0 aliphatic rings. The van der Waals surface area contributed by atoms with Crippen molar-refractivity contribution in [2.24, 2.45) is 0 Å². The summed E-state index contributed by atoms with van der Waals surface area (Å²) in [5, 5.41) is 13.1. The zero-order valence-corrected chi connectivity index (χ0v) is 8.27. The second-order valence-corrected chi connectivity index (χ2v) is 4.33. The molecule has 0 bridgehead atoms. The number of aromatic amines is 1. The number of sulfonamides is 1. The van der Waals surface area contributed by atoms with Crippen LogP contribution in [-0.2, 0) is 10.0 Å². The Kier molecular flexibility index (Phi) is 2.34. The van der Waals surface area contributed by atoms with E-state index in [4.69, 9.17) is 0 Å². The predicted molar refractivity (Wildman–Crippen MR) is 51.4 cm³/mol. The maximum absolute atomic E-state index is 11.6. The number of nitrogens with one attached hydrogen (secondary N) is 2. The monoisotopic (exact) mass is 225 g/mol. The van der Waals surface area contributed by atoms with E-state index < -0.39 is 10.0 Å². The van der Waals surface area contributed by atoms with Crippen LogP contribution < -0.4 is 4.72 Å². The van der Waals surface area contributed by atoms with Crippen molar-refractivity contribution in [1.29, 1.82) is 0 Å². The van der Waals surface area contributed by atoms with Gasteiger partial charge in [0.1, 0.15) is 4.90 Å². The molecule has 0 aliphatic heterocycles. The molecule has 2 heterocycles. The molecule has 0 saturated carbocycles. The van der Waals surface area contributed by atoms with E-state index >= 15 is 0 Å². The van der Waals surface area contributed by atoms with Crippen molar-refractivity contribution in [3.05, 3.63) is 30.7 Å². The van der Waals surface area contributed by atoms with Crippen molar-refractivity contribution in [2.75, 3.05) is 4.72 Å². The Labute approximate surface area is 85.6 Å². The van der Waals surface area contributed by atoms with Gasteiger partial charge in [-0.3, -0.25) is 9.82 Å². The van der Waals surface area contributed by atoms with Crippen molar-refractivity contribution in [3.63, 3.8) is 0 Å². The molecule has 0 unspecified atom stereocenters. The zero-order chi connectivity index (χ0) is 10.7. The molecule has 7 nitrogen and oxygen atoms in total. The fourth-order valence-electron chi connectivity index (χ4n) is 0.939. The minimum Gasteiger partial charge on any atom is -0.284 e. The maximum Gasteiger partial charge on any atom is 0.266 e. The molecule has 0 saturated heterocycles. The lowest BCUT2D eigenvalue weighted by Crippen LogP contribution is -2.13. The van der Waals surface area contributed by atoms with Crippen LogP contribution >= 0.6 is 0 Å². The van der Waals surface area contributed by atoms with E-state index in [-0.39, 0.29) is 10.7 Å². The third kappa shape index (κ3) is 2.10. The third-order valence-electron chi connectivity index (χ3n) is 1.59. The van der Waals surface area contributed by atoms with Gasteiger partial charge in [0.05, 0.1) is 6.20 Å². The van der Waals surface area contributed by atoms with E-state index in [1.54, 1.807) is 6.07 Å². The van der Waals surface area contributed by atoms with Gasteiger partial charge in [-0.15, -0.1) is 5.10 Å². The molecule has 2 aromatic heterocycles. The van der Waals surface area contributed by atoms with Gasteiger partial charge in [-0.05, 0) is 12.1 Å². The first-order chi connectivity index (χ1) is 7.18. The Hall–Kier alpha value is -1.96. The van der Waals surface area contributed by atoms with E-state index in [0.717, 1.165) is 0 Å². The van der Waals surface area contributed by atoms with Crippen LogP contribution in [0.2, 0.25) is 0 Å². The lowest BCUT2D eigenvalue weighted by molar-refractivity contribution is 0.601. The Morgan fingerprint density at radius 3 is 2.87 bits per heavy atom. The lowest BCUT2D eigenvalue weighted by atomic mass is 10.6. The summed E-state index contributed by atoms with van der Waals surface area (Å²) in [5.41, 5.74) is 0. The molecule has 2 N–H and O–H groups in total. The van der Waals surface area contributed by atoms with Crippen molar-refractivity contribution >= 4 is 15.8 Å². The Morgan fingerprint density at radius 2 is 2.27 bits per heavy atom. The molecule has 2 aromatic rings. The second kappa shape index (κ2) is 3.65. The van der Waals surface area contributed by atoms with Gasteiger partial charge in [0, 0.05) is 12.4 Å². The number of rotatable bonds is 3. The highest BCUT2D eigenvalue weighted by Crippen LogP contribution is 2.10. The summed E-state index contributed by atoms with van der Waals surface area (Å²) in [6, 6.07) is 3.09. The summed E-state index contributed by atoms with van der Waals surface area (Å²) in [4.78, 5) is 0.0492. The molecule has 0 fully saturated rings. The van der Waals surface area contributed by atoms with Crippen LogP contribution in [0.1, 0.15) is 0 Å². The number of hydrogen-bond acceptors (Lipinski definition) is 5. The summed E-state index contributed by atoms with van der Waals surface area (Å²) in [7, 11) is -3.62. The van der Waals surface area contributed by atoms with Crippen molar-refractivity contribution in [1.82, 2.24) is 20.4 Å². The molecular formula is C7H7N5O2S. The quantitative estimate of drug-likeness (QED) is 0.765. The van der Waals surface area contributed by atoms with E-state index in [9.17, 15) is 8.42 Å². The largest absolute Gasteiger partial charge is 0.284 e. The third-order valence-corrected chi connectivity index (χ3v) is 2.92. The molecular weight excluding hydrogens is 218 g/mol. The highest BCUT2D eigenvalue weighted by molar-refractivity contribution is 7.92. The SMILES string of the molecule is O=S(=O)(Nc1cccnn1)c1cn[nH]c1. The molecule has 0 amide bonds. The molecule has 8 heteroatoms. The van der Waals surface area contributed by atoms with Gasteiger partial charge in [-0.2, -0.15) is 10.2 Å². The van der Waals surface area contributed by atoms with Crippen LogP contribution in [0.3, 0.4) is 0 Å². The number of aromatic nitrogens is 4. The molecule has 0 aliphatic carbocycles. The molecule has 0 spiro atoms. The van der Waals surface area contributed by atoms with Crippen LogP contribution in [0.15, 0.2) is 35.6 Å². The second-order valence-electron chi connectivity index (χ2n) is 2.65. The molecule has 0 radical (unpaired) electrons. The van der Waals surface area contributed by atoms with Crippen LogP contribution in [0.5, 0.6) is 0 Å². The Balaban J connectivity index is 2.27. The number of H-pyrrole nitrogens is 1. The molecule has 2 rings (SSSR count). The molecule has 0 aromatic carbocycles. The average Bonchev–Trinajstić information content (AvgIpc) is 2.71. The van der Waals surface area contributed by atoms with E-state index in [1.807, 2.05) is 0 Å². The van der Waals surface area contributed by atoms with Crippen LogP contribution in [0, 0.1) is 0 Å². The van der Waals surface area contributed by atoms with Crippen molar-refractivity contribution in [3.8, 4) is 0 Å². The number of nitrogens with zero attached hydrogens (tertiary/aromatic N) is 3. The predicted octanol–water partition coefficient (Wildman–Crippen LogP) is 0.000500. The number of hydrogen-bond donors (Lipinski definition) is 2. The summed E-state index contributed by atoms with van der Waals surface area (Å²) in [6.07, 6.45) is 3.94. The molecule has 15 heavy (non-hydrogen) atoms.